The first-order chi connectivity index (χ1) is 13.1. The Morgan fingerprint density at radius 1 is 1.15 bits per heavy atom. The van der Waals surface area contributed by atoms with E-state index >= 15 is 0 Å². The number of hydrogen-bond donors (Lipinski definition) is 0. The van der Waals surface area contributed by atoms with Gasteiger partial charge in [-0.3, -0.25) is 9.36 Å². The second-order valence-electron chi connectivity index (χ2n) is 6.48. The molecule has 0 saturated carbocycles. The predicted octanol–water partition coefficient (Wildman–Crippen LogP) is 4.96. The Kier molecular flexibility index (Phi) is 4.93. The van der Waals surface area contributed by atoms with Crippen LogP contribution < -0.4 is 5.56 Å². The molecular weight excluding hydrogens is 380 g/mol. The van der Waals surface area contributed by atoms with E-state index in [4.69, 9.17) is 16.6 Å². The molecule has 4 aromatic rings. The zero-order valence-corrected chi connectivity index (χ0v) is 16.7. The molecule has 3 aromatic heterocycles. The number of para-hydroxylation sites is 1. The maximum atomic E-state index is 13.0. The highest BCUT2D eigenvalue weighted by Gasteiger charge is 2.16. The topological polar surface area (TPSA) is 52.2 Å². The van der Waals surface area contributed by atoms with Crippen LogP contribution in [0.2, 0.25) is 5.02 Å². The van der Waals surface area contributed by atoms with Crippen molar-refractivity contribution in [1.29, 1.82) is 0 Å². The second kappa shape index (κ2) is 7.37. The Morgan fingerprint density at radius 2 is 1.96 bits per heavy atom. The van der Waals surface area contributed by atoms with Crippen molar-refractivity contribution >= 4 is 39.9 Å². The summed E-state index contributed by atoms with van der Waals surface area (Å²) in [5.74, 6) is 0.626. The minimum atomic E-state index is 0.0132. The van der Waals surface area contributed by atoms with Crippen molar-refractivity contribution < 1.29 is 0 Å². The molecule has 0 aliphatic rings. The average molecular weight is 399 g/mol. The highest BCUT2D eigenvalue weighted by atomic mass is 35.5. The quantitative estimate of drug-likeness (QED) is 0.352. The van der Waals surface area contributed by atoms with E-state index in [1.165, 1.54) is 11.8 Å². The van der Waals surface area contributed by atoms with Gasteiger partial charge in [-0.05, 0) is 37.6 Å². The zero-order valence-electron chi connectivity index (χ0n) is 15.1. The fourth-order valence-corrected chi connectivity index (χ4v) is 4.17. The van der Waals surface area contributed by atoms with Crippen LogP contribution in [0.4, 0.5) is 0 Å². The molecule has 0 fully saturated rings. The molecule has 0 spiro atoms. The number of fused-ring (bicyclic) bond motifs is 2. The van der Waals surface area contributed by atoms with Crippen LogP contribution in [0.3, 0.4) is 0 Å². The Labute approximate surface area is 166 Å². The number of halogens is 1. The number of rotatable bonds is 5. The molecule has 0 aliphatic carbocycles. The summed E-state index contributed by atoms with van der Waals surface area (Å²) < 4.78 is 3.72. The van der Waals surface area contributed by atoms with E-state index in [0.29, 0.717) is 16.2 Å². The lowest BCUT2D eigenvalue weighted by Crippen LogP contribution is -2.26. The van der Waals surface area contributed by atoms with Crippen LogP contribution in [0, 0.1) is 0 Å². The molecule has 1 atom stereocenters. The van der Waals surface area contributed by atoms with Crippen LogP contribution in [0.5, 0.6) is 0 Å². The van der Waals surface area contributed by atoms with Crippen LogP contribution in [0.25, 0.3) is 16.6 Å². The largest absolute Gasteiger partial charge is 0.305 e. The number of aromatic nitrogens is 4. The summed E-state index contributed by atoms with van der Waals surface area (Å²) in [4.78, 5) is 22.4. The molecule has 3 heterocycles. The number of imidazole rings is 1. The van der Waals surface area contributed by atoms with E-state index in [9.17, 15) is 4.79 Å². The molecule has 7 heteroatoms. The van der Waals surface area contributed by atoms with Crippen molar-refractivity contribution in [3.05, 3.63) is 69.9 Å². The molecule has 0 aliphatic heterocycles. The van der Waals surface area contributed by atoms with Gasteiger partial charge in [-0.15, -0.1) is 0 Å². The molecule has 1 aromatic carbocycles. The first-order valence-electron chi connectivity index (χ1n) is 8.84. The van der Waals surface area contributed by atoms with E-state index in [1.54, 1.807) is 4.57 Å². The monoisotopic (exact) mass is 398 g/mol. The van der Waals surface area contributed by atoms with Gasteiger partial charge in [-0.25, -0.2) is 9.97 Å². The Bertz CT molecular complexity index is 1180. The van der Waals surface area contributed by atoms with Gasteiger partial charge in [0.15, 0.2) is 5.16 Å². The van der Waals surface area contributed by atoms with Crippen LogP contribution in [-0.2, 0) is 5.75 Å². The molecule has 0 saturated heterocycles. The molecule has 0 bridgehead atoms. The minimum Gasteiger partial charge on any atom is -0.305 e. The summed E-state index contributed by atoms with van der Waals surface area (Å²) in [5, 5.41) is 2.05. The number of hydrogen-bond acceptors (Lipinski definition) is 4. The molecule has 27 heavy (non-hydrogen) atoms. The standard InChI is InChI=1S/C20H19ClN4OS/c1-3-13(2)25-19(26)16-6-4-5-7-17(16)23-20(25)27-12-15-11-24-10-14(21)8-9-18(24)22-15/h4-11,13H,3,12H2,1-2H3. The highest BCUT2D eigenvalue weighted by Crippen LogP contribution is 2.25. The highest BCUT2D eigenvalue weighted by molar-refractivity contribution is 7.98. The van der Waals surface area contributed by atoms with E-state index < -0.39 is 0 Å². The van der Waals surface area contributed by atoms with Crippen LogP contribution in [0.1, 0.15) is 32.0 Å². The lowest BCUT2D eigenvalue weighted by atomic mass is 10.2. The van der Waals surface area contributed by atoms with Crippen molar-refractivity contribution in [2.24, 2.45) is 0 Å². The normalized spacial score (nSPS) is 12.7. The third-order valence-electron chi connectivity index (χ3n) is 4.62. The predicted molar refractivity (Wildman–Crippen MR) is 111 cm³/mol. The van der Waals surface area contributed by atoms with Gasteiger partial charge in [0.05, 0.1) is 21.6 Å². The van der Waals surface area contributed by atoms with Crippen molar-refractivity contribution in [3.8, 4) is 0 Å². The SMILES string of the molecule is CCC(C)n1c(SCc2cn3cc(Cl)ccc3n2)nc2ccccc2c1=O. The van der Waals surface area contributed by atoms with Gasteiger partial charge in [0, 0.05) is 24.2 Å². The summed E-state index contributed by atoms with van der Waals surface area (Å²) in [6.45, 7) is 4.13. The fraction of sp³-hybridized carbons (Fsp3) is 0.250. The molecule has 4 rings (SSSR count). The van der Waals surface area contributed by atoms with Gasteiger partial charge in [0.1, 0.15) is 5.65 Å². The first kappa shape index (κ1) is 18.1. The third-order valence-corrected chi connectivity index (χ3v) is 5.83. The Hall–Kier alpha value is -2.31. The summed E-state index contributed by atoms with van der Waals surface area (Å²) >= 11 is 7.58. The third kappa shape index (κ3) is 3.47. The summed E-state index contributed by atoms with van der Waals surface area (Å²) in [7, 11) is 0. The van der Waals surface area contributed by atoms with Gasteiger partial charge >= 0.3 is 0 Å². The Balaban J connectivity index is 1.72. The lowest BCUT2D eigenvalue weighted by molar-refractivity contribution is 0.468. The number of nitrogens with zero attached hydrogens (tertiary/aromatic N) is 4. The van der Waals surface area contributed by atoms with Crippen molar-refractivity contribution in [2.45, 2.75) is 37.2 Å². The molecule has 0 radical (unpaired) electrons. The number of thioether (sulfide) groups is 1. The Morgan fingerprint density at radius 3 is 2.78 bits per heavy atom. The van der Waals surface area contributed by atoms with Crippen LogP contribution in [-0.4, -0.2) is 18.9 Å². The van der Waals surface area contributed by atoms with Gasteiger partial charge in [0.25, 0.3) is 5.56 Å². The van der Waals surface area contributed by atoms with E-state index in [1.807, 2.05) is 53.2 Å². The molecule has 0 amide bonds. The number of pyridine rings is 1. The summed E-state index contributed by atoms with van der Waals surface area (Å²) in [6.07, 6.45) is 4.66. The molecule has 138 valence electrons. The molecule has 0 N–H and O–H groups in total. The first-order valence-corrected chi connectivity index (χ1v) is 10.2. The van der Waals surface area contributed by atoms with Crippen molar-refractivity contribution in [3.63, 3.8) is 0 Å². The van der Waals surface area contributed by atoms with Gasteiger partial charge in [-0.1, -0.05) is 42.4 Å². The van der Waals surface area contributed by atoms with Gasteiger partial charge in [-0.2, -0.15) is 0 Å². The van der Waals surface area contributed by atoms with E-state index in [2.05, 4.69) is 18.8 Å². The summed E-state index contributed by atoms with van der Waals surface area (Å²) in [6, 6.07) is 11.3. The maximum absolute atomic E-state index is 13.0. The minimum absolute atomic E-state index is 0.0132. The maximum Gasteiger partial charge on any atom is 0.262 e. The molecule has 1 unspecified atom stereocenters. The van der Waals surface area contributed by atoms with Gasteiger partial charge in [0.2, 0.25) is 0 Å². The van der Waals surface area contributed by atoms with Crippen LogP contribution >= 0.6 is 23.4 Å². The van der Waals surface area contributed by atoms with E-state index in [-0.39, 0.29) is 11.6 Å². The van der Waals surface area contributed by atoms with Gasteiger partial charge < -0.3 is 4.40 Å². The summed E-state index contributed by atoms with van der Waals surface area (Å²) in [5.41, 5.74) is 2.51. The van der Waals surface area contributed by atoms with Crippen molar-refractivity contribution in [2.75, 3.05) is 0 Å². The smallest absolute Gasteiger partial charge is 0.262 e. The average Bonchev–Trinajstić information content (AvgIpc) is 3.08. The lowest BCUT2D eigenvalue weighted by Gasteiger charge is -2.17. The van der Waals surface area contributed by atoms with Crippen LogP contribution in [0.15, 0.2) is 58.7 Å². The second-order valence-corrected chi connectivity index (χ2v) is 7.86. The molecular formula is C20H19ClN4OS. The molecule has 5 nitrogen and oxygen atoms in total. The fourth-order valence-electron chi connectivity index (χ4n) is 3.02. The van der Waals surface area contributed by atoms with Crippen molar-refractivity contribution in [1.82, 2.24) is 18.9 Å². The van der Waals surface area contributed by atoms with E-state index in [0.717, 1.165) is 28.4 Å². The zero-order chi connectivity index (χ0) is 19.0. The number of benzene rings is 1.